The quantitative estimate of drug-likeness (QED) is 0.648. The van der Waals surface area contributed by atoms with Crippen LogP contribution in [0.1, 0.15) is 58.8 Å². The fraction of sp³-hybridized carbons (Fsp3) is 0.900. The van der Waals surface area contributed by atoms with E-state index in [0.717, 1.165) is 58.3 Å². The van der Waals surface area contributed by atoms with Gasteiger partial charge in [0, 0.05) is 44.6 Å². The van der Waals surface area contributed by atoms with Crippen molar-refractivity contribution in [2.45, 2.75) is 58.8 Å². The summed E-state index contributed by atoms with van der Waals surface area (Å²) in [5, 5.41) is 3.11. The number of carbonyl (C=O) groups excluding carboxylic acids is 2. The Labute approximate surface area is 153 Å². The Kier molecular flexibility index (Phi) is 8.90. The first-order valence-electron chi connectivity index (χ1n) is 10.3. The van der Waals surface area contributed by atoms with Gasteiger partial charge < -0.3 is 15.1 Å². The summed E-state index contributed by atoms with van der Waals surface area (Å²) in [4.78, 5) is 28.7. The minimum Gasteiger partial charge on any atom is -0.356 e. The van der Waals surface area contributed by atoms with Crippen molar-refractivity contribution in [2.24, 2.45) is 11.8 Å². The van der Waals surface area contributed by atoms with Crippen LogP contribution in [-0.2, 0) is 9.59 Å². The second-order valence-electron chi connectivity index (χ2n) is 7.84. The molecule has 1 saturated heterocycles. The number of Topliss-reactive ketones (excluding diaryl/α,β-unsaturated/α-hetero) is 1. The summed E-state index contributed by atoms with van der Waals surface area (Å²) in [6, 6.07) is 0. The third kappa shape index (κ3) is 7.06. The number of hydrogen-bond donors (Lipinski definition) is 1. The molecule has 1 heterocycles. The summed E-state index contributed by atoms with van der Waals surface area (Å²) in [7, 11) is 0. The van der Waals surface area contributed by atoms with Gasteiger partial charge >= 0.3 is 0 Å². The second kappa shape index (κ2) is 10.9. The number of unbranched alkanes of at least 4 members (excludes halogenated alkanes) is 1. The number of piperazine rings is 1. The number of rotatable bonds is 9. The average molecular weight is 352 g/mol. The molecule has 1 aliphatic heterocycles. The van der Waals surface area contributed by atoms with Crippen LogP contribution in [0, 0.1) is 11.8 Å². The molecule has 1 saturated carbocycles. The van der Waals surface area contributed by atoms with Gasteiger partial charge in [-0.3, -0.25) is 9.59 Å². The molecule has 5 nitrogen and oxygen atoms in total. The molecule has 0 radical (unpaired) electrons. The molecule has 0 spiro atoms. The second-order valence-corrected chi connectivity index (χ2v) is 7.84. The molecule has 0 bridgehead atoms. The number of ketones is 1. The van der Waals surface area contributed by atoms with Gasteiger partial charge in [0.05, 0.1) is 0 Å². The molecule has 0 aromatic carbocycles. The largest absolute Gasteiger partial charge is 0.356 e. The lowest BCUT2D eigenvalue weighted by Gasteiger charge is -2.34. The lowest BCUT2D eigenvalue weighted by atomic mass is 9.80. The highest BCUT2D eigenvalue weighted by Gasteiger charge is 2.28. The van der Waals surface area contributed by atoms with E-state index in [1.165, 1.54) is 32.5 Å². The molecule has 0 aromatic rings. The van der Waals surface area contributed by atoms with Crippen LogP contribution < -0.4 is 5.32 Å². The zero-order chi connectivity index (χ0) is 18.1. The van der Waals surface area contributed by atoms with Crippen LogP contribution in [0.5, 0.6) is 0 Å². The van der Waals surface area contributed by atoms with Crippen LogP contribution in [0.15, 0.2) is 0 Å². The van der Waals surface area contributed by atoms with Crippen LogP contribution in [0.2, 0.25) is 0 Å². The SMILES string of the molecule is CCCCN1CCN(CCCNC(=O)C2CCC(C(C)=O)CC2)CC1. The summed E-state index contributed by atoms with van der Waals surface area (Å²) in [5.74, 6) is 0.804. The van der Waals surface area contributed by atoms with Crippen molar-refractivity contribution in [2.75, 3.05) is 45.8 Å². The molecule has 144 valence electrons. The Balaban J connectivity index is 1.52. The lowest BCUT2D eigenvalue weighted by molar-refractivity contribution is -0.128. The minimum atomic E-state index is 0.123. The van der Waals surface area contributed by atoms with Crippen molar-refractivity contribution >= 4 is 11.7 Å². The van der Waals surface area contributed by atoms with Crippen molar-refractivity contribution in [3.63, 3.8) is 0 Å². The number of amides is 1. The monoisotopic (exact) mass is 351 g/mol. The predicted octanol–water partition coefficient (Wildman–Crippen LogP) is 2.31. The highest BCUT2D eigenvalue weighted by Crippen LogP contribution is 2.29. The third-order valence-corrected chi connectivity index (χ3v) is 5.92. The summed E-state index contributed by atoms with van der Waals surface area (Å²) in [5.41, 5.74) is 0. The smallest absolute Gasteiger partial charge is 0.223 e. The number of nitrogens with one attached hydrogen (secondary N) is 1. The van der Waals surface area contributed by atoms with Crippen molar-refractivity contribution in [3.8, 4) is 0 Å². The Bertz CT molecular complexity index is 411. The fourth-order valence-corrected chi connectivity index (χ4v) is 4.04. The average Bonchev–Trinajstić information content (AvgIpc) is 2.64. The number of nitrogens with zero attached hydrogens (tertiary/aromatic N) is 2. The minimum absolute atomic E-state index is 0.123. The summed E-state index contributed by atoms with van der Waals surface area (Å²) < 4.78 is 0. The highest BCUT2D eigenvalue weighted by atomic mass is 16.2. The van der Waals surface area contributed by atoms with Crippen molar-refractivity contribution in [3.05, 3.63) is 0 Å². The van der Waals surface area contributed by atoms with E-state index < -0.39 is 0 Å². The van der Waals surface area contributed by atoms with Gasteiger partial charge in [-0.1, -0.05) is 13.3 Å². The van der Waals surface area contributed by atoms with E-state index in [0.29, 0.717) is 0 Å². The van der Waals surface area contributed by atoms with Crippen LogP contribution in [0.4, 0.5) is 0 Å². The molecule has 1 amide bonds. The van der Waals surface area contributed by atoms with Crippen LogP contribution in [0.3, 0.4) is 0 Å². The first-order valence-corrected chi connectivity index (χ1v) is 10.3. The Hall–Kier alpha value is -0.940. The van der Waals surface area contributed by atoms with E-state index in [2.05, 4.69) is 22.0 Å². The predicted molar refractivity (Wildman–Crippen MR) is 102 cm³/mol. The Morgan fingerprint density at radius 2 is 1.40 bits per heavy atom. The molecule has 25 heavy (non-hydrogen) atoms. The van der Waals surface area contributed by atoms with E-state index in [4.69, 9.17) is 0 Å². The summed E-state index contributed by atoms with van der Waals surface area (Å²) in [6.07, 6.45) is 7.12. The number of carbonyl (C=O) groups is 2. The molecule has 5 heteroatoms. The molecule has 2 rings (SSSR count). The van der Waals surface area contributed by atoms with E-state index in [1.54, 1.807) is 6.92 Å². The zero-order valence-corrected chi connectivity index (χ0v) is 16.3. The fourth-order valence-electron chi connectivity index (χ4n) is 4.04. The van der Waals surface area contributed by atoms with E-state index in [1.807, 2.05) is 0 Å². The van der Waals surface area contributed by atoms with Gasteiger partial charge in [0.2, 0.25) is 5.91 Å². The molecule has 2 fully saturated rings. The summed E-state index contributed by atoms with van der Waals surface area (Å²) >= 11 is 0. The third-order valence-electron chi connectivity index (χ3n) is 5.92. The molecule has 1 aliphatic carbocycles. The van der Waals surface area contributed by atoms with Crippen LogP contribution >= 0.6 is 0 Å². The lowest BCUT2D eigenvalue weighted by Crippen LogP contribution is -2.47. The summed E-state index contributed by atoms with van der Waals surface area (Å²) in [6.45, 7) is 11.7. The van der Waals surface area contributed by atoms with Gasteiger partial charge in [-0.25, -0.2) is 0 Å². The normalized spacial score (nSPS) is 25.7. The van der Waals surface area contributed by atoms with Gasteiger partial charge in [0.1, 0.15) is 5.78 Å². The van der Waals surface area contributed by atoms with Crippen LogP contribution in [-0.4, -0.2) is 67.3 Å². The van der Waals surface area contributed by atoms with E-state index in [9.17, 15) is 9.59 Å². The number of hydrogen-bond acceptors (Lipinski definition) is 4. The molecule has 0 unspecified atom stereocenters. The molecule has 0 aromatic heterocycles. The maximum absolute atomic E-state index is 12.3. The maximum Gasteiger partial charge on any atom is 0.223 e. The van der Waals surface area contributed by atoms with Crippen molar-refractivity contribution < 1.29 is 9.59 Å². The van der Waals surface area contributed by atoms with E-state index in [-0.39, 0.29) is 23.5 Å². The first kappa shape index (κ1) is 20.4. The standard InChI is InChI=1S/C20H37N3O2/c1-3-4-11-22-13-15-23(16-14-22)12-5-10-21-20(25)19-8-6-18(7-9-19)17(2)24/h18-19H,3-16H2,1-2H3,(H,21,25). The van der Waals surface area contributed by atoms with Crippen LogP contribution in [0.25, 0.3) is 0 Å². The van der Waals surface area contributed by atoms with Gasteiger partial charge in [-0.15, -0.1) is 0 Å². The molecule has 0 atom stereocenters. The van der Waals surface area contributed by atoms with Crippen molar-refractivity contribution in [1.29, 1.82) is 0 Å². The van der Waals surface area contributed by atoms with Gasteiger partial charge in [0.15, 0.2) is 0 Å². The van der Waals surface area contributed by atoms with Gasteiger partial charge in [-0.05, 0) is 58.5 Å². The molecule has 2 aliphatic rings. The zero-order valence-electron chi connectivity index (χ0n) is 16.3. The highest BCUT2D eigenvalue weighted by molar-refractivity contribution is 5.80. The topological polar surface area (TPSA) is 52.6 Å². The maximum atomic E-state index is 12.3. The Morgan fingerprint density at radius 1 is 0.880 bits per heavy atom. The Morgan fingerprint density at radius 3 is 1.92 bits per heavy atom. The molecular weight excluding hydrogens is 314 g/mol. The van der Waals surface area contributed by atoms with Crippen molar-refractivity contribution in [1.82, 2.24) is 15.1 Å². The molecule has 1 N–H and O–H groups in total. The van der Waals surface area contributed by atoms with E-state index >= 15 is 0 Å². The van der Waals surface area contributed by atoms with Gasteiger partial charge in [0.25, 0.3) is 0 Å². The first-order chi connectivity index (χ1) is 12.1. The molecular formula is C20H37N3O2. The van der Waals surface area contributed by atoms with Gasteiger partial charge in [-0.2, -0.15) is 0 Å².